The van der Waals surface area contributed by atoms with Gasteiger partial charge >= 0.3 is 6.09 Å². The lowest BCUT2D eigenvalue weighted by Gasteiger charge is -2.27. The second-order valence-corrected chi connectivity index (χ2v) is 24.8. The number of nitrogens with zero attached hydrogens (tertiary/aromatic N) is 3. The van der Waals surface area contributed by atoms with Gasteiger partial charge in [-0.3, -0.25) is 64.0 Å². The highest BCUT2D eigenvalue weighted by molar-refractivity contribution is 7.86. The lowest BCUT2D eigenvalue weighted by Crippen LogP contribution is -2.58. The number of pyridine rings is 1. The fourth-order valence-electron chi connectivity index (χ4n) is 9.40. The van der Waals surface area contributed by atoms with Gasteiger partial charge in [-0.05, 0) is 125 Å². The summed E-state index contributed by atoms with van der Waals surface area (Å²) in [6.45, 7) is 13.7. The van der Waals surface area contributed by atoms with Crippen molar-refractivity contribution in [1.82, 2.24) is 58.0 Å². The van der Waals surface area contributed by atoms with Gasteiger partial charge in [0.1, 0.15) is 46.5 Å². The van der Waals surface area contributed by atoms with E-state index in [0.29, 0.717) is 31.4 Å². The predicted molar refractivity (Wildman–Crippen MR) is 333 cm³/mol. The molecule has 1 aromatic heterocycles. The van der Waals surface area contributed by atoms with Crippen LogP contribution >= 0.6 is 0 Å². The minimum atomic E-state index is -4.48. The third kappa shape index (κ3) is 24.3. The molecule has 10 amide bonds. The third-order valence-corrected chi connectivity index (χ3v) is 14.8. The lowest BCUT2D eigenvalue weighted by atomic mass is 10.0. The van der Waals surface area contributed by atoms with Crippen LogP contribution in [0.4, 0.5) is 10.6 Å². The maximum Gasteiger partial charge on any atom is 0.407 e. The van der Waals surface area contributed by atoms with Crippen LogP contribution < -0.4 is 53.5 Å². The smallest absolute Gasteiger partial charge is 0.407 e. The van der Waals surface area contributed by atoms with Gasteiger partial charge in [0.15, 0.2) is 0 Å². The summed E-state index contributed by atoms with van der Waals surface area (Å²) in [5.74, 6) is -5.69. The van der Waals surface area contributed by atoms with Crippen LogP contribution in [0.5, 0.6) is 0 Å². The second kappa shape index (κ2) is 34.4. The molecule has 0 radical (unpaired) electrons. The number of nitrogens with one attached hydrogen (secondary N) is 10. The molecule has 1 aliphatic rings. The maximum atomic E-state index is 14.4. The molecule has 1 aliphatic heterocycles. The van der Waals surface area contributed by atoms with E-state index in [0.717, 1.165) is 5.56 Å². The van der Waals surface area contributed by atoms with Crippen molar-refractivity contribution in [2.75, 3.05) is 25.1 Å². The molecule has 0 saturated carbocycles. The van der Waals surface area contributed by atoms with E-state index in [-0.39, 0.29) is 90.3 Å². The number of hydrazone groups is 1. The zero-order valence-corrected chi connectivity index (χ0v) is 52.7. The maximum absolute atomic E-state index is 14.4. The van der Waals surface area contributed by atoms with Gasteiger partial charge < -0.3 is 46.9 Å². The Morgan fingerprint density at radius 2 is 1.31 bits per heavy atom. The molecule has 5 rings (SSSR count). The van der Waals surface area contributed by atoms with Crippen LogP contribution in [-0.2, 0) is 61.4 Å². The van der Waals surface area contributed by atoms with E-state index < -0.39 is 106 Å². The van der Waals surface area contributed by atoms with Crippen LogP contribution in [0.1, 0.15) is 138 Å². The van der Waals surface area contributed by atoms with E-state index in [2.05, 4.69) is 63.6 Å². The molecule has 11 N–H and O–H groups in total. The summed E-state index contributed by atoms with van der Waals surface area (Å²) in [7, 11) is -4.48. The molecule has 2 heterocycles. The number of alkyl carbamates (subject to hydrolysis) is 1. The molecule has 0 bridgehead atoms. The Balaban J connectivity index is 1.22. The summed E-state index contributed by atoms with van der Waals surface area (Å²) in [6, 6.07) is 18.2. The lowest BCUT2D eigenvalue weighted by molar-refractivity contribution is -0.138. The van der Waals surface area contributed by atoms with Crippen molar-refractivity contribution in [3.05, 3.63) is 125 Å². The quantitative estimate of drug-likeness (QED) is 0.0154. The largest absolute Gasteiger partial charge is 0.444 e. The number of amides is 10. The molecule has 1 saturated heterocycles. The molecule has 28 heteroatoms. The van der Waals surface area contributed by atoms with Crippen LogP contribution in [0, 0.1) is 11.8 Å². The molecule has 1 fully saturated rings. The van der Waals surface area contributed by atoms with Gasteiger partial charge in [0.2, 0.25) is 35.4 Å². The van der Waals surface area contributed by atoms with Gasteiger partial charge in [0.25, 0.3) is 27.8 Å². The van der Waals surface area contributed by atoms with Crippen LogP contribution in [0.15, 0.2) is 107 Å². The molecule has 0 aliphatic carbocycles. The number of benzene rings is 3. The Morgan fingerprint density at radius 1 is 0.689 bits per heavy atom. The monoisotopic (exact) mass is 1270 g/mol. The first-order valence-electron chi connectivity index (χ1n) is 29.6. The highest BCUT2D eigenvalue weighted by atomic mass is 32.2. The average Bonchev–Trinajstić information content (AvgIpc) is 2.15. The fraction of sp³-hybridized carbons (Fsp3) is 0.452. The van der Waals surface area contributed by atoms with Crippen molar-refractivity contribution in [2.45, 2.75) is 154 Å². The first kappa shape index (κ1) is 71.4. The van der Waals surface area contributed by atoms with Crippen molar-refractivity contribution < 1.29 is 65.7 Å². The van der Waals surface area contributed by atoms with E-state index in [4.69, 9.17) is 4.74 Å². The Labute approximate surface area is 524 Å². The van der Waals surface area contributed by atoms with Crippen molar-refractivity contribution in [3.63, 3.8) is 0 Å². The highest BCUT2D eigenvalue weighted by Crippen LogP contribution is 2.19. The number of carbonyl (C=O) groups excluding carboxylic acids is 10. The van der Waals surface area contributed by atoms with Crippen molar-refractivity contribution >= 4 is 81.4 Å². The Kier molecular flexibility index (Phi) is 27.3. The first-order chi connectivity index (χ1) is 42.6. The summed E-state index contributed by atoms with van der Waals surface area (Å²) in [6.07, 6.45) is 3.53. The summed E-state index contributed by atoms with van der Waals surface area (Å²) in [4.78, 5) is 140. The normalized spacial score (nSPS) is 14.5. The molecule has 0 spiro atoms. The number of ether oxygens (including phenoxy) is 1. The first-order valence-corrected chi connectivity index (χ1v) is 31.1. The third-order valence-electron chi connectivity index (χ3n) is 13.8. The van der Waals surface area contributed by atoms with E-state index in [1.807, 2.05) is 58.0 Å². The topological polar surface area (TPSA) is 383 Å². The minimum absolute atomic E-state index is 0.0156. The van der Waals surface area contributed by atoms with E-state index >= 15 is 0 Å². The van der Waals surface area contributed by atoms with Gasteiger partial charge in [-0.15, -0.1) is 0 Å². The van der Waals surface area contributed by atoms with Crippen LogP contribution in [0.2, 0.25) is 0 Å². The number of likely N-dealkylation sites (tertiary alicyclic amines) is 1. The number of rotatable bonds is 30. The molecule has 3 aromatic carbocycles. The molecule has 90 heavy (non-hydrogen) atoms. The molecular weight excluding hydrogens is 1180 g/mol. The minimum Gasteiger partial charge on any atom is -0.444 e. The molecule has 5 atom stereocenters. The van der Waals surface area contributed by atoms with Gasteiger partial charge in [-0.1, -0.05) is 88.4 Å². The van der Waals surface area contributed by atoms with Gasteiger partial charge in [-0.2, -0.15) is 13.5 Å². The second-order valence-electron chi connectivity index (χ2n) is 23.4. The summed E-state index contributed by atoms with van der Waals surface area (Å²) >= 11 is 0. The van der Waals surface area contributed by atoms with Crippen LogP contribution in [0.3, 0.4) is 0 Å². The molecule has 486 valence electrons. The van der Waals surface area contributed by atoms with Gasteiger partial charge in [0, 0.05) is 43.9 Å². The zero-order chi connectivity index (χ0) is 66.1. The van der Waals surface area contributed by atoms with Crippen molar-refractivity contribution in [2.24, 2.45) is 16.9 Å². The highest BCUT2D eigenvalue weighted by Gasteiger charge is 2.36. The Hall–Kier alpha value is -9.31. The van der Waals surface area contributed by atoms with E-state index in [1.54, 1.807) is 39.0 Å². The number of hydrogen-bond acceptors (Lipinski definition) is 16. The fourth-order valence-corrected chi connectivity index (χ4v) is 10.1. The molecule has 4 aromatic rings. The van der Waals surface area contributed by atoms with E-state index in [1.165, 1.54) is 66.7 Å². The number of carbonyl (C=O) groups is 10. The molecular formula is C62H83N13O14S. The van der Waals surface area contributed by atoms with Crippen molar-refractivity contribution in [3.8, 4) is 0 Å². The Bertz CT molecular complexity index is 3290. The van der Waals surface area contributed by atoms with E-state index in [9.17, 15) is 60.9 Å². The number of hydrazine groups is 1. The zero-order valence-electron chi connectivity index (χ0n) is 51.8. The van der Waals surface area contributed by atoms with Gasteiger partial charge in [-0.25, -0.2) is 9.78 Å². The van der Waals surface area contributed by atoms with Crippen LogP contribution in [-0.4, -0.2) is 144 Å². The average molecular weight is 1270 g/mol. The van der Waals surface area contributed by atoms with Crippen molar-refractivity contribution in [1.29, 1.82) is 0 Å². The summed E-state index contributed by atoms with van der Waals surface area (Å²) in [5.41, 5.74) is 8.48. The Morgan fingerprint density at radius 3 is 1.93 bits per heavy atom. The number of aromatic nitrogens is 1. The van der Waals surface area contributed by atoms with Crippen LogP contribution in [0.25, 0.3) is 0 Å². The SMILES string of the molecule is CC(=O)N1CCC[C@H]1C(=O)N[C@@H](CC(C)C)C(=O)NCC(=O)N[C@@H](CCc1ccccc1)C(=O)N[C@@H](CCCNC(=O)OC(C)(C)C)C(=O)N[C@@H](CC(C)C)C(=O)NNC(=O)c1ccc(CNC(=O)c2ccc(NN=Cc3ccccc3S(=O)(=O)O)nc2)cc1. The standard InChI is InChI=1S/C62H83N13O14S/c1-38(2)32-48(71-60(84)50-20-15-31-75(50)40(5)76)56(80)66-37-53(77)68-47(28-24-41-16-10-9-11-17-41)58(82)69-46(19-14-30-63-61(85)89-62(6,7)8)57(81)70-49(33-39(3)4)59(83)74-73-55(79)43-25-22-42(23-26-43)34-65-54(78)45-27-29-52(64-35-45)72-67-36-44-18-12-13-21-51(44)90(86,87)88/h9-13,16-18,21-23,25-27,29,35-36,38-39,46-50H,14-15,19-20,24,28,30-34,37H2,1-8H3,(H,63,85)(H,64,72)(H,65,78)(H,66,80)(H,68,77)(H,69,82)(H,70,81)(H,71,84)(H,73,79)(H,74,83)(H,86,87,88)/t46-,47-,48-,49-,50-/m0/s1. The predicted octanol–water partition coefficient (Wildman–Crippen LogP) is 3.56. The molecule has 0 unspecified atom stereocenters. The number of aryl methyl sites for hydroxylation is 1. The number of hydrogen-bond donors (Lipinski definition) is 11. The summed E-state index contributed by atoms with van der Waals surface area (Å²) < 4.78 is 38.1. The van der Waals surface area contributed by atoms with Gasteiger partial charge in [0.05, 0.1) is 18.3 Å². The number of anilines is 1. The molecule has 27 nitrogen and oxygen atoms in total. The summed E-state index contributed by atoms with van der Waals surface area (Å²) in [5, 5.41) is 22.8.